The number of pyridine rings is 1. The van der Waals surface area contributed by atoms with Crippen molar-refractivity contribution in [1.29, 1.82) is 0 Å². The molecule has 2 atom stereocenters. The summed E-state index contributed by atoms with van der Waals surface area (Å²) in [5, 5.41) is 3.23. The zero-order valence-electron chi connectivity index (χ0n) is 9.53. The van der Waals surface area contributed by atoms with Crippen molar-refractivity contribution in [2.24, 2.45) is 0 Å². The quantitative estimate of drug-likeness (QED) is 0.754. The van der Waals surface area contributed by atoms with Gasteiger partial charge in [-0.25, -0.2) is 4.98 Å². The Morgan fingerprint density at radius 3 is 2.87 bits per heavy atom. The van der Waals surface area contributed by atoms with E-state index in [-0.39, 0.29) is 12.1 Å². The van der Waals surface area contributed by atoms with E-state index in [0.717, 1.165) is 6.42 Å². The maximum Gasteiger partial charge on any atom is 0.123 e. The van der Waals surface area contributed by atoms with Crippen molar-refractivity contribution in [3.05, 3.63) is 23.9 Å². The number of aromatic nitrogens is 1. The van der Waals surface area contributed by atoms with Crippen molar-refractivity contribution >= 4 is 5.82 Å². The van der Waals surface area contributed by atoms with E-state index in [2.05, 4.69) is 10.3 Å². The van der Waals surface area contributed by atoms with Crippen LogP contribution in [0.25, 0.3) is 0 Å². The van der Waals surface area contributed by atoms with Crippen LogP contribution in [0.3, 0.4) is 0 Å². The van der Waals surface area contributed by atoms with E-state index in [1.807, 2.05) is 26.1 Å². The second kappa shape index (κ2) is 5.68. The third kappa shape index (κ3) is 3.49. The van der Waals surface area contributed by atoms with Crippen molar-refractivity contribution < 1.29 is 4.74 Å². The summed E-state index contributed by atoms with van der Waals surface area (Å²) in [6.45, 7) is 2.05. The highest BCUT2D eigenvalue weighted by atomic mass is 16.5. The Hall–Kier alpha value is -1.13. The first-order valence-electron chi connectivity index (χ1n) is 5.07. The Morgan fingerprint density at radius 1 is 1.60 bits per heavy atom. The summed E-state index contributed by atoms with van der Waals surface area (Å²) in [6, 6.07) is 4.16. The van der Waals surface area contributed by atoms with Gasteiger partial charge in [0.1, 0.15) is 5.82 Å². The molecule has 3 N–H and O–H groups in total. The van der Waals surface area contributed by atoms with E-state index >= 15 is 0 Å². The van der Waals surface area contributed by atoms with Gasteiger partial charge in [-0.05, 0) is 38.1 Å². The van der Waals surface area contributed by atoms with Crippen LogP contribution in [-0.2, 0) is 11.2 Å². The molecule has 1 heterocycles. The molecule has 4 heteroatoms. The van der Waals surface area contributed by atoms with Gasteiger partial charge in [-0.15, -0.1) is 0 Å². The summed E-state index contributed by atoms with van der Waals surface area (Å²) in [5.74, 6) is 0.562. The summed E-state index contributed by atoms with van der Waals surface area (Å²) < 4.78 is 5.30. The maximum atomic E-state index is 5.62. The van der Waals surface area contributed by atoms with E-state index in [4.69, 9.17) is 10.5 Å². The van der Waals surface area contributed by atoms with Crippen molar-refractivity contribution in [3.8, 4) is 0 Å². The van der Waals surface area contributed by atoms with E-state index < -0.39 is 0 Å². The average Bonchev–Trinajstić information content (AvgIpc) is 2.25. The predicted molar refractivity (Wildman–Crippen MR) is 61.7 cm³/mol. The van der Waals surface area contributed by atoms with Crippen molar-refractivity contribution in [2.75, 3.05) is 19.9 Å². The number of rotatable bonds is 5. The Kier molecular flexibility index (Phi) is 4.52. The molecular formula is C11H19N3O. The van der Waals surface area contributed by atoms with Gasteiger partial charge in [0.2, 0.25) is 0 Å². The van der Waals surface area contributed by atoms with Crippen molar-refractivity contribution in [1.82, 2.24) is 10.3 Å². The number of nitrogen functional groups attached to an aromatic ring is 1. The smallest absolute Gasteiger partial charge is 0.123 e. The van der Waals surface area contributed by atoms with Crippen molar-refractivity contribution in [3.63, 3.8) is 0 Å². The number of nitrogens with two attached hydrogens (primary N) is 1. The van der Waals surface area contributed by atoms with Gasteiger partial charge in [0.05, 0.1) is 6.10 Å². The molecule has 0 aromatic carbocycles. The number of nitrogens with one attached hydrogen (secondary N) is 1. The highest BCUT2D eigenvalue weighted by Crippen LogP contribution is 2.09. The Labute approximate surface area is 90.8 Å². The van der Waals surface area contributed by atoms with Gasteiger partial charge in [-0.2, -0.15) is 0 Å². The molecule has 15 heavy (non-hydrogen) atoms. The van der Waals surface area contributed by atoms with Gasteiger partial charge in [-0.1, -0.05) is 0 Å². The molecule has 84 valence electrons. The first kappa shape index (κ1) is 11.9. The van der Waals surface area contributed by atoms with Gasteiger partial charge >= 0.3 is 0 Å². The third-order valence-corrected chi connectivity index (χ3v) is 2.61. The van der Waals surface area contributed by atoms with Gasteiger partial charge in [0.25, 0.3) is 0 Å². The number of anilines is 1. The second-order valence-corrected chi connectivity index (χ2v) is 3.63. The minimum atomic E-state index is 0.171. The number of hydrogen-bond donors (Lipinski definition) is 2. The molecule has 4 nitrogen and oxygen atoms in total. The number of nitrogens with zero attached hydrogens (tertiary/aromatic N) is 1. The van der Waals surface area contributed by atoms with Crippen LogP contribution in [0.15, 0.2) is 18.3 Å². The molecule has 0 radical (unpaired) electrons. The lowest BCUT2D eigenvalue weighted by atomic mass is 10.0. The van der Waals surface area contributed by atoms with E-state index in [0.29, 0.717) is 5.82 Å². The molecule has 1 aromatic rings. The number of likely N-dealkylation sites (N-methyl/N-ethyl adjacent to an activating group) is 1. The second-order valence-electron chi connectivity index (χ2n) is 3.63. The SMILES string of the molecule is CNC(Cc1ccnc(N)c1)C(C)OC. The van der Waals surface area contributed by atoms with Crippen LogP contribution in [0.2, 0.25) is 0 Å². The van der Waals surface area contributed by atoms with E-state index in [1.165, 1.54) is 5.56 Å². The fourth-order valence-electron chi connectivity index (χ4n) is 1.54. The number of hydrogen-bond acceptors (Lipinski definition) is 4. The van der Waals surface area contributed by atoms with Crippen LogP contribution < -0.4 is 11.1 Å². The molecular weight excluding hydrogens is 190 g/mol. The molecule has 0 amide bonds. The molecule has 0 bridgehead atoms. The minimum absolute atomic E-state index is 0.171. The lowest BCUT2D eigenvalue weighted by Gasteiger charge is -2.22. The van der Waals surface area contributed by atoms with Crippen LogP contribution in [0, 0.1) is 0 Å². The Morgan fingerprint density at radius 2 is 2.33 bits per heavy atom. The van der Waals surface area contributed by atoms with E-state index in [9.17, 15) is 0 Å². The largest absolute Gasteiger partial charge is 0.384 e. The lowest BCUT2D eigenvalue weighted by molar-refractivity contribution is 0.0857. The molecule has 0 saturated heterocycles. The Bertz CT molecular complexity index is 304. The van der Waals surface area contributed by atoms with Gasteiger partial charge in [0.15, 0.2) is 0 Å². The zero-order valence-corrected chi connectivity index (χ0v) is 9.53. The highest BCUT2D eigenvalue weighted by molar-refractivity contribution is 5.32. The van der Waals surface area contributed by atoms with Gasteiger partial charge in [-0.3, -0.25) is 0 Å². The van der Waals surface area contributed by atoms with Gasteiger partial charge in [0, 0.05) is 19.3 Å². The fraction of sp³-hybridized carbons (Fsp3) is 0.545. The van der Waals surface area contributed by atoms with Gasteiger partial charge < -0.3 is 15.8 Å². The van der Waals surface area contributed by atoms with Crippen molar-refractivity contribution in [2.45, 2.75) is 25.5 Å². The maximum absolute atomic E-state index is 5.62. The first-order valence-corrected chi connectivity index (χ1v) is 5.07. The summed E-state index contributed by atoms with van der Waals surface area (Å²) in [4.78, 5) is 3.96. The highest BCUT2D eigenvalue weighted by Gasteiger charge is 2.15. The molecule has 0 aliphatic rings. The fourth-order valence-corrected chi connectivity index (χ4v) is 1.54. The molecule has 0 saturated carbocycles. The normalized spacial score (nSPS) is 14.9. The molecule has 0 spiro atoms. The standard InChI is InChI=1S/C11H19N3O/c1-8(15-3)10(13-2)6-9-4-5-14-11(12)7-9/h4-5,7-8,10,13H,6H2,1-3H3,(H2,12,14). The van der Waals surface area contributed by atoms with Crippen LogP contribution in [-0.4, -0.2) is 31.3 Å². The van der Waals surface area contributed by atoms with E-state index in [1.54, 1.807) is 13.3 Å². The molecule has 1 aromatic heterocycles. The minimum Gasteiger partial charge on any atom is -0.384 e. The molecule has 2 unspecified atom stereocenters. The van der Waals surface area contributed by atoms with Crippen LogP contribution >= 0.6 is 0 Å². The Balaban J connectivity index is 2.66. The monoisotopic (exact) mass is 209 g/mol. The summed E-state index contributed by atoms with van der Waals surface area (Å²) in [5.41, 5.74) is 6.79. The molecule has 1 rings (SSSR count). The predicted octanol–water partition coefficient (Wildman–Crippen LogP) is 0.829. The first-order chi connectivity index (χ1) is 7.17. The van der Waals surface area contributed by atoms with Crippen LogP contribution in [0.4, 0.5) is 5.82 Å². The number of ether oxygens (including phenoxy) is 1. The molecule has 0 fully saturated rings. The molecule has 0 aliphatic carbocycles. The summed E-state index contributed by atoms with van der Waals surface area (Å²) >= 11 is 0. The molecule has 0 aliphatic heterocycles. The lowest BCUT2D eigenvalue weighted by Crippen LogP contribution is -2.38. The number of methoxy groups -OCH3 is 1. The summed E-state index contributed by atoms with van der Waals surface area (Å²) in [6.07, 6.45) is 2.79. The topological polar surface area (TPSA) is 60.2 Å². The van der Waals surface area contributed by atoms with Crippen LogP contribution in [0.5, 0.6) is 0 Å². The zero-order chi connectivity index (χ0) is 11.3. The average molecular weight is 209 g/mol. The summed E-state index contributed by atoms with van der Waals surface area (Å²) in [7, 11) is 3.65. The van der Waals surface area contributed by atoms with Crippen LogP contribution in [0.1, 0.15) is 12.5 Å². The third-order valence-electron chi connectivity index (χ3n) is 2.61.